The number of anilines is 1. The highest BCUT2D eigenvalue weighted by atomic mass is 32.2. The van der Waals surface area contributed by atoms with Crippen LogP contribution in [0.4, 0.5) is 10.1 Å². The Labute approximate surface area is 124 Å². The predicted octanol–water partition coefficient (Wildman–Crippen LogP) is 3.19. The van der Waals surface area contributed by atoms with Crippen LogP contribution in [-0.2, 0) is 9.84 Å². The fourth-order valence-corrected chi connectivity index (χ4v) is 2.56. The summed E-state index contributed by atoms with van der Waals surface area (Å²) < 4.78 is 35.7. The Kier molecular flexibility index (Phi) is 4.57. The molecule has 4 nitrogen and oxygen atoms in total. The van der Waals surface area contributed by atoms with Gasteiger partial charge < -0.3 is 5.32 Å². The molecule has 0 fully saturated rings. The molecule has 0 aliphatic carbocycles. The van der Waals surface area contributed by atoms with E-state index in [2.05, 4.69) is 10.3 Å². The van der Waals surface area contributed by atoms with Crippen molar-refractivity contribution in [1.82, 2.24) is 4.98 Å². The molecule has 1 unspecified atom stereocenters. The van der Waals surface area contributed by atoms with E-state index >= 15 is 0 Å². The summed E-state index contributed by atoms with van der Waals surface area (Å²) in [4.78, 5) is 3.93. The van der Waals surface area contributed by atoms with Gasteiger partial charge in [-0.3, -0.25) is 0 Å². The Morgan fingerprint density at radius 2 is 1.86 bits per heavy atom. The van der Waals surface area contributed by atoms with Crippen molar-refractivity contribution < 1.29 is 12.8 Å². The maximum Gasteiger partial charge on any atom is 0.192 e. The summed E-state index contributed by atoms with van der Waals surface area (Å²) in [6.07, 6.45) is 3.41. The number of hydrogen-bond acceptors (Lipinski definition) is 4. The molecule has 0 aliphatic rings. The highest BCUT2D eigenvalue weighted by Crippen LogP contribution is 2.22. The van der Waals surface area contributed by atoms with Crippen LogP contribution >= 0.6 is 0 Å². The zero-order chi connectivity index (χ0) is 15.5. The number of halogens is 1. The van der Waals surface area contributed by atoms with Gasteiger partial charge in [-0.2, -0.15) is 0 Å². The first-order valence-electron chi connectivity index (χ1n) is 6.58. The Morgan fingerprint density at radius 1 is 1.19 bits per heavy atom. The van der Waals surface area contributed by atoms with Gasteiger partial charge >= 0.3 is 0 Å². The average Bonchev–Trinajstić information content (AvgIpc) is 2.45. The summed E-state index contributed by atoms with van der Waals surface area (Å²) in [5.74, 6) is -0.271. The van der Waals surface area contributed by atoms with Crippen LogP contribution in [-0.4, -0.2) is 19.7 Å². The maximum atomic E-state index is 12.9. The monoisotopic (exact) mass is 308 g/mol. The molecule has 0 amide bonds. The van der Waals surface area contributed by atoms with E-state index in [1.54, 1.807) is 18.2 Å². The Bertz CT molecular complexity index is 697. The summed E-state index contributed by atoms with van der Waals surface area (Å²) in [6.45, 7) is 2.01. The summed E-state index contributed by atoms with van der Waals surface area (Å²) in [5, 5.41) is 3.31. The van der Waals surface area contributed by atoms with E-state index in [0.29, 0.717) is 0 Å². The van der Waals surface area contributed by atoms with Gasteiger partial charge in [0.05, 0.1) is 17.9 Å². The number of nitrogens with zero attached hydrogens (tertiary/aromatic N) is 1. The number of aromatic nitrogens is 1. The molecule has 0 aliphatic heterocycles. The summed E-state index contributed by atoms with van der Waals surface area (Å²) in [7, 11) is -3.29. The molecular weight excluding hydrogens is 291 g/mol. The first-order chi connectivity index (χ1) is 9.90. The first-order valence-corrected chi connectivity index (χ1v) is 8.47. The minimum absolute atomic E-state index is 0.0106. The molecule has 21 heavy (non-hydrogen) atoms. The molecule has 0 spiro atoms. The molecule has 112 valence electrons. The molecule has 2 rings (SSSR count). The van der Waals surface area contributed by atoms with Crippen molar-refractivity contribution in [3.05, 3.63) is 54.0 Å². The minimum Gasteiger partial charge on any atom is -0.377 e. The van der Waals surface area contributed by atoms with Gasteiger partial charge in [-0.15, -0.1) is 0 Å². The fourth-order valence-electron chi connectivity index (χ4n) is 2.00. The van der Waals surface area contributed by atoms with Crippen LogP contribution in [0.2, 0.25) is 0 Å². The number of nitrogens with one attached hydrogen (secondary N) is 1. The van der Waals surface area contributed by atoms with E-state index < -0.39 is 9.84 Å². The summed E-state index contributed by atoms with van der Waals surface area (Å²) >= 11 is 0. The second-order valence-electron chi connectivity index (χ2n) is 4.81. The zero-order valence-electron chi connectivity index (χ0n) is 11.9. The maximum absolute atomic E-state index is 12.9. The molecule has 2 aromatic rings. The lowest BCUT2D eigenvalue weighted by atomic mass is 10.0. The quantitative estimate of drug-likeness (QED) is 0.921. The van der Waals surface area contributed by atoms with Crippen molar-refractivity contribution >= 4 is 15.5 Å². The lowest BCUT2D eigenvalue weighted by Crippen LogP contribution is -2.10. The van der Waals surface area contributed by atoms with E-state index in [0.717, 1.165) is 23.9 Å². The van der Waals surface area contributed by atoms with Crippen LogP contribution in [0.25, 0.3) is 0 Å². The van der Waals surface area contributed by atoms with Gasteiger partial charge in [0.25, 0.3) is 0 Å². The fraction of sp³-hybridized carbons (Fsp3) is 0.267. The van der Waals surface area contributed by atoms with Gasteiger partial charge in [-0.05, 0) is 36.2 Å². The third-order valence-electron chi connectivity index (χ3n) is 3.14. The molecule has 1 aromatic carbocycles. The topological polar surface area (TPSA) is 59.1 Å². The van der Waals surface area contributed by atoms with E-state index in [4.69, 9.17) is 0 Å². The average molecular weight is 308 g/mol. The van der Waals surface area contributed by atoms with Gasteiger partial charge in [0, 0.05) is 6.26 Å². The normalized spacial score (nSPS) is 12.9. The van der Waals surface area contributed by atoms with Crippen molar-refractivity contribution in [3.63, 3.8) is 0 Å². The van der Waals surface area contributed by atoms with Crippen LogP contribution in [0.3, 0.4) is 0 Å². The highest BCUT2D eigenvalue weighted by molar-refractivity contribution is 7.90. The van der Waals surface area contributed by atoms with Gasteiger partial charge in [0.15, 0.2) is 14.9 Å². The van der Waals surface area contributed by atoms with Crippen molar-refractivity contribution in [2.24, 2.45) is 0 Å². The Hall–Kier alpha value is -1.95. The first kappa shape index (κ1) is 15.4. The number of hydrogen-bond donors (Lipinski definition) is 1. The lowest BCUT2D eigenvalue weighted by molar-refractivity contribution is 0.598. The number of sulfone groups is 1. The van der Waals surface area contributed by atoms with E-state index in [1.165, 1.54) is 24.4 Å². The van der Waals surface area contributed by atoms with E-state index in [-0.39, 0.29) is 16.9 Å². The van der Waals surface area contributed by atoms with Gasteiger partial charge in [0.2, 0.25) is 0 Å². The SMILES string of the molecule is CCC(Nc1ccc(S(C)(=O)=O)nc1)c1ccc(F)cc1. The molecule has 0 saturated heterocycles. The smallest absolute Gasteiger partial charge is 0.192 e. The number of benzene rings is 1. The second kappa shape index (κ2) is 6.22. The molecule has 6 heteroatoms. The molecule has 1 aromatic heterocycles. The van der Waals surface area contributed by atoms with Crippen LogP contribution in [0.1, 0.15) is 24.9 Å². The van der Waals surface area contributed by atoms with Crippen molar-refractivity contribution in [3.8, 4) is 0 Å². The van der Waals surface area contributed by atoms with Crippen LogP contribution < -0.4 is 5.32 Å². The number of rotatable bonds is 5. The van der Waals surface area contributed by atoms with E-state index in [9.17, 15) is 12.8 Å². The third kappa shape index (κ3) is 4.01. The van der Waals surface area contributed by atoms with E-state index in [1.807, 2.05) is 6.92 Å². The summed E-state index contributed by atoms with van der Waals surface area (Å²) in [5.41, 5.74) is 1.68. The standard InChI is InChI=1S/C15H17FN2O2S/c1-3-14(11-4-6-12(16)7-5-11)18-13-8-9-15(17-10-13)21(2,19)20/h4-10,14,18H,3H2,1-2H3. The molecule has 0 radical (unpaired) electrons. The lowest BCUT2D eigenvalue weighted by Gasteiger charge is -2.18. The van der Waals surface area contributed by atoms with Crippen LogP contribution in [0, 0.1) is 5.82 Å². The van der Waals surface area contributed by atoms with Gasteiger partial charge in [0.1, 0.15) is 5.82 Å². The molecule has 1 atom stereocenters. The van der Waals surface area contributed by atoms with Crippen molar-refractivity contribution in [1.29, 1.82) is 0 Å². The molecule has 1 N–H and O–H groups in total. The molecule has 1 heterocycles. The Morgan fingerprint density at radius 3 is 2.33 bits per heavy atom. The number of pyridine rings is 1. The highest BCUT2D eigenvalue weighted by Gasteiger charge is 2.11. The molecule has 0 saturated carbocycles. The predicted molar refractivity (Wildman–Crippen MR) is 80.4 cm³/mol. The van der Waals surface area contributed by atoms with Gasteiger partial charge in [-0.25, -0.2) is 17.8 Å². The van der Waals surface area contributed by atoms with Crippen molar-refractivity contribution in [2.75, 3.05) is 11.6 Å². The third-order valence-corrected chi connectivity index (χ3v) is 4.14. The zero-order valence-corrected chi connectivity index (χ0v) is 12.7. The summed E-state index contributed by atoms with van der Waals surface area (Å²) in [6, 6.07) is 9.46. The largest absolute Gasteiger partial charge is 0.377 e. The second-order valence-corrected chi connectivity index (χ2v) is 6.78. The Balaban J connectivity index is 2.17. The molecular formula is C15H17FN2O2S. The van der Waals surface area contributed by atoms with Crippen molar-refractivity contribution in [2.45, 2.75) is 24.4 Å². The van der Waals surface area contributed by atoms with Crippen LogP contribution in [0.5, 0.6) is 0 Å². The molecule has 0 bridgehead atoms. The van der Waals surface area contributed by atoms with Gasteiger partial charge in [-0.1, -0.05) is 19.1 Å². The minimum atomic E-state index is -3.29. The van der Waals surface area contributed by atoms with Crippen LogP contribution in [0.15, 0.2) is 47.6 Å².